The van der Waals surface area contributed by atoms with Crippen molar-refractivity contribution in [3.05, 3.63) is 30.7 Å². The van der Waals surface area contributed by atoms with Crippen LogP contribution in [0.3, 0.4) is 0 Å². The van der Waals surface area contributed by atoms with Crippen molar-refractivity contribution in [3.8, 4) is 10.4 Å². The lowest BCUT2D eigenvalue weighted by atomic mass is 9.82. The molecule has 0 aliphatic carbocycles. The maximum Gasteiger partial charge on any atom is 0.502 e. The van der Waals surface area contributed by atoms with E-state index in [1.54, 1.807) is 40.2 Å². The van der Waals surface area contributed by atoms with Gasteiger partial charge in [-0.2, -0.15) is 0 Å². The lowest BCUT2D eigenvalue weighted by Crippen LogP contribution is -2.52. The van der Waals surface area contributed by atoms with E-state index in [1.807, 2.05) is 18.2 Å². The number of hydrogen-bond acceptors (Lipinski definition) is 5. The van der Waals surface area contributed by atoms with E-state index in [0.717, 1.165) is 10.4 Å². The Balaban J connectivity index is 2.13. The Labute approximate surface area is 123 Å². The predicted octanol–water partition coefficient (Wildman–Crippen LogP) is 2.26. The Morgan fingerprint density at radius 3 is 2.45 bits per heavy atom. The first-order valence-electron chi connectivity index (χ1n) is 6.41. The third kappa shape index (κ3) is 3.15. The molecule has 0 aliphatic heterocycles. The fourth-order valence-corrected chi connectivity index (χ4v) is 2.44. The molecule has 0 saturated carbocycles. The normalized spacial score (nSPS) is 12.7. The van der Waals surface area contributed by atoms with Gasteiger partial charge in [0.15, 0.2) is 0 Å². The zero-order chi connectivity index (χ0) is 15.0. The van der Waals surface area contributed by atoms with Gasteiger partial charge in [-0.05, 0) is 39.8 Å². The van der Waals surface area contributed by atoms with Crippen LogP contribution in [0.2, 0.25) is 0 Å². The number of hydrogen-bond donors (Lipinski definition) is 2. The summed E-state index contributed by atoms with van der Waals surface area (Å²) in [5.74, 6) is 0. The van der Waals surface area contributed by atoms with Crippen LogP contribution in [0, 0.1) is 0 Å². The largest absolute Gasteiger partial charge is 0.502 e. The van der Waals surface area contributed by atoms with Gasteiger partial charge in [-0.15, -0.1) is 11.3 Å². The van der Waals surface area contributed by atoms with Crippen molar-refractivity contribution in [1.29, 1.82) is 0 Å². The van der Waals surface area contributed by atoms with E-state index in [2.05, 4.69) is 0 Å². The zero-order valence-electron chi connectivity index (χ0n) is 12.1. The Kier molecular flexibility index (Phi) is 4.11. The average Bonchev–Trinajstić information content (AvgIpc) is 2.98. The van der Waals surface area contributed by atoms with Gasteiger partial charge in [0.1, 0.15) is 0 Å². The van der Waals surface area contributed by atoms with Crippen LogP contribution in [0.4, 0.5) is 0 Å². The Hall–Kier alpha value is -1.08. The van der Waals surface area contributed by atoms with Crippen LogP contribution in [0.5, 0.6) is 0 Å². The summed E-state index contributed by atoms with van der Waals surface area (Å²) in [5.41, 5.74) is -0.958. The summed E-state index contributed by atoms with van der Waals surface area (Å²) in [5, 5.41) is 20.2. The minimum absolute atomic E-state index is 0.693. The highest BCUT2D eigenvalue weighted by Gasteiger charge is 2.39. The molecule has 0 bridgehead atoms. The van der Waals surface area contributed by atoms with Gasteiger partial charge < -0.3 is 19.2 Å². The zero-order valence-corrected chi connectivity index (χ0v) is 12.9. The summed E-state index contributed by atoms with van der Waals surface area (Å²) in [6, 6.07) is 5.59. The standard InChI is InChI=1S/C14H19BO4S/c1-13(2,16)14(3,4)19-15(17)12-6-5-11(20-12)10-7-8-18-9-10/h5-9,16-17H,1-4H3. The summed E-state index contributed by atoms with van der Waals surface area (Å²) < 4.78 is 11.3. The van der Waals surface area contributed by atoms with Crippen LogP contribution in [-0.2, 0) is 4.65 Å². The number of thiophene rings is 1. The van der Waals surface area contributed by atoms with Gasteiger partial charge >= 0.3 is 7.12 Å². The summed E-state index contributed by atoms with van der Waals surface area (Å²) >= 11 is 1.43. The fourth-order valence-electron chi connectivity index (χ4n) is 1.53. The average molecular weight is 294 g/mol. The quantitative estimate of drug-likeness (QED) is 0.830. The lowest BCUT2D eigenvalue weighted by Gasteiger charge is -2.38. The highest BCUT2D eigenvalue weighted by atomic mass is 32.1. The topological polar surface area (TPSA) is 62.8 Å². The smallest absolute Gasteiger partial charge is 0.472 e. The van der Waals surface area contributed by atoms with Crippen molar-refractivity contribution in [2.45, 2.75) is 38.9 Å². The lowest BCUT2D eigenvalue weighted by molar-refractivity contribution is -0.0981. The van der Waals surface area contributed by atoms with Crippen molar-refractivity contribution in [3.63, 3.8) is 0 Å². The molecule has 0 spiro atoms. The van der Waals surface area contributed by atoms with Crippen LogP contribution in [0.25, 0.3) is 10.4 Å². The van der Waals surface area contributed by atoms with Gasteiger partial charge in [0.2, 0.25) is 0 Å². The summed E-state index contributed by atoms with van der Waals surface area (Å²) in [4.78, 5) is 0.998. The molecule has 0 aliphatic rings. The fraction of sp³-hybridized carbons (Fsp3) is 0.429. The highest BCUT2D eigenvalue weighted by Crippen LogP contribution is 2.27. The summed E-state index contributed by atoms with van der Waals surface area (Å²) in [6.07, 6.45) is 3.27. The molecular weight excluding hydrogens is 275 g/mol. The van der Waals surface area contributed by atoms with Crippen LogP contribution in [0.15, 0.2) is 35.1 Å². The minimum Gasteiger partial charge on any atom is -0.472 e. The van der Waals surface area contributed by atoms with Crippen molar-refractivity contribution in [1.82, 2.24) is 0 Å². The SMILES string of the molecule is CC(C)(O)C(C)(C)OB(O)c1ccc(-c2ccoc2)s1. The van der Waals surface area contributed by atoms with Crippen LogP contribution < -0.4 is 4.78 Å². The van der Waals surface area contributed by atoms with Crippen molar-refractivity contribution in [2.75, 3.05) is 0 Å². The first-order chi connectivity index (χ1) is 9.21. The van der Waals surface area contributed by atoms with Crippen molar-refractivity contribution < 1.29 is 19.2 Å². The highest BCUT2D eigenvalue weighted by molar-refractivity contribution is 7.25. The van der Waals surface area contributed by atoms with Gasteiger partial charge in [-0.25, -0.2) is 0 Å². The monoisotopic (exact) mass is 294 g/mol. The maximum atomic E-state index is 10.2. The van der Waals surface area contributed by atoms with E-state index in [1.165, 1.54) is 11.3 Å². The molecule has 0 fully saturated rings. The third-order valence-corrected chi connectivity index (χ3v) is 4.72. The van der Waals surface area contributed by atoms with Crippen molar-refractivity contribution in [2.24, 2.45) is 0 Å². The molecule has 0 unspecified atom stereocenters. The second kappa shape index (κ2) is 5.37. The van der Waals surface area contributed by atoms with Gasteiger partial charge in [0.25, 0.3) is 0 Å². The van der Waals surface area contributed by atoms with Gasteiger partial charge in [-0.1, -0.05) is 6.07 Å². The number of rotatable bonds is 5. The third-order valence-electron chi connectivity index (χ3n) is 3.56. The molecule has 4 nitrogen and oxygen atoms in total. The predicted molar refractivity (Wildman–Crippen MR) is 81.1 cm³/mol. The Morgan fingerprint density at radius 1 is 1.20 bits per heavy atom. The number of furan rings is 1. The van der Waals surface area contributed by atoms with E-state index >= 15 is 0 Å². The number of aliphatic hydroxyl groups is 1. The molecule has 2 rings (SSSR count). The molecule has 2 aromatic rings. The van der Waals surface area contributed by atoms with E-state index in [0.29, 0.717) is 4.78 Å². The second-order valence-electron chi connectivity index (χ2n) is 5.75. The molecule has 0 atom stereocenters. The van der Waals surface area contributed by atoms with E-state index in [-0.39, 0.29) is 0 Å². The molecule has 0 aromatic carbocycles. The Bertz CT molecular complexity index is 554. The van der Waals surface area contributed by atoms with Crippen LogP contribution >= 0.6 is 11.3 Å². The summed E-state index contributed by atoms with van der Waals surface area (Å²) in [7, 11) is -1.07. The van der Waals surface area contributed by atoms with E-state index in [4.69, 9.17) is 9.07 Å². The molecular formula is C14H19BO4S. The Morgan fingerprint density at radius 2 is 1.90 bits per heavy atom. The molecule has 0 saturated heterocycles. The van der Waals surface area contributed by atoms with Crippen LogP contribution in [0.1, 0.15) is 27.7 Å². The van der Waals surface area contributed by atoms with Crippen molar-refractivity contribution >= 4 is 23.2 Å². The van der Waals surface area contributed by atoms with Crippen LogP contribution in [-0.4, -0.2) is 28.5 Å². The van der Waals surface area contributed by atoms with Gasteiger partial charge in [0.05, 0.1) is 23.7 Å². The molecule has 2 N–H and O–H groups in total. The first-order valence-corrected chi connectivity index (χ1v) is 7.23. The van der Waals surface area contributed by atoms with Gasteiger partial charge in [-0.3, -0.25) is 0 Å². The van der Waals surface area contributed by atoms with E-state index in [9.17, 15) is 10.1 Å². The first kappa shape index (κ1) is 15.3. The molecule has 0 radical (unpaired) electrons. The summed E-state index contributed by atoms with van der Waals surface area (Å²) in [6.45, 7) is 6.82. The maximum absolute atomic E-state index is 10.2. The van der Waals surface area contributed by atoms with E-state index < -0.39 is 18.3 Å². The molecule has 108 valence electrons. The second-order valence-corrected chi connectivity index (χ2v) is 6.87. The molecule has 2 heterocycles. The minimum atomic E-state index is -1.07. The molecule has 2 aromatic heterocycles. The molecule has 6 heteroatoms. The molecule has 0 amide bonds. The molecule has 20 heavy (non-hydrogen) atoms. The van der Waals surface area contributed by atoms with Gasteiger partial charge in [0, 0.05) is 15.2 Å².